The van der Waals surface area contributed by atoms with Crippen LogP contribution in [0.2, 0.25) is 0 Å². The van der Waals surface area contributed by atoms with Gasteiger partial charge in [0.1, 0.15) is 21.6 Å². The second-order valence-corrected chi connectivity index (χ2v) is 9.38. The number of anilines is 1. The molecule has 9 nitrogen and oxygen atoms in total. The van der Waals surface area contributed by atoms with Gasteiger partial charge in [0, 0.05) is 0 Å². The average molecular weight is 438 g/mol. The van der Waals surface area contributed by atoms with Gasteiger partial charge in [-0.05, 0) is 25.0 Å². The number of rotatable bonds is 7. The fourth-order valence-corrected chi connectivity index (χ4v) is 5.21. The van der Waals surface area contributed by atoms with Crippen molar-refractivity contribution in [3.8, 4) is 16.8 Å². The van der Waals surface area contributed by atoms with Crippen molar-refractivity contribution in [2.24, 2.45) is 0 Å². The molecule has 4 rings (SSSR count). The summed E-state index contributed by atoms with van der Waals surface area (Å²) in [5.41, 5.74) is 0.478. The van der Waals surface area contributed by atoms with E-state index < -0.39 is 27.6 Å². The largest absolute Gasteiger partial charge is 0.414 e. The fourth-order valence-electron chi connectivity index (χ4n) is 2.50. The number of nitrogens with zero attached hydrogens (tertiary/aromatic N) is 6. The Balaban J connectivity index is 1.62. The van der Waals surface area contributed by atoms with Gasteiger partial charge in [0.05, 0.1) is 29.9 Å². The first-order valence-electron chi connectivity index (χ1n) is 8.33. The maximum Gasteiger partial charge on any atom is 0.314 e. The Bertz CT molecular complexity index is 1170. The van der Waals surface area contributed by atoms with Crippen molar-refractivity contribution >= 4 is 27.0 Å². The number of pyridine rings is 1. The molecule has 29 heavy (non-hydrogen) atoms. The van der Waals surface area contributed by atoms with E-state index in [2.05, 4.69) is 20.2 Å². The molecule has 0 atom stereocenters. The molecular weight excluding hydrogens is 426 g/mol. The molecule has 1 aliphatic rings. The van der Waals surface area contributed by atoms with Gasteiger partial charge in [0.25, 0.3) is 11.8 Å². The minimum absolute atomic E-state index is 0.0765. The van der Waals surface area contributed by atoms with E-state index >= 15 is 0 Å². The van der Waals surface area contributed by atoms with Crippen molar-refractivity contribution in [3.05, 3.63) is 41.1 Å². The molecule has 13 heteroatoms. The smallest absolute Gasteiger partial charge is 0.314 e. The van der Waals surface area contributed by atoms with Crippen LogP contribution < -0.4 is 4.31 Å². The van der Waals surface area contributed by atoms with Gasteiger partial charge < -0.3 is 4.42 Å². The first-order valence-corrected chi connectivity index (χ1v) is 10.6. The van der Waals surface area contributed by atoms with E-state index in [0.717, 1.165) is 11.3 Å². The van der Waals surface area contributed by atoms with E-state index in [4.69, 9.17) is 9.68 Å². The molecule has 0 aliphatic heterocycles. The van der Waals surface area contributed by atoms with E-state index in [9.17, 15) is 17.2 Å². The third kappa shape index (κ3) is 3.94. The van der Waals surface area contributed by atoms with Gasteiger partial charge in [-0.2, -0.15) is 14.0 Å². The molecule has 0 amide bonds. The molecule has 0 unspecified atom stereocenters. The maximum atomic E-state index is 12.9. The highest BCUT2D eigenvalue weighted by atomic mass is 32.2. The summed E-state index contributed by atoms with van der Waals surface area (Å²) in [4.78, 5) is 8.45. The highest BCUT2D eigenvalue weighted by Gasteiger charge is 2.40. The van der Waals surface area contributed by atoms with E-state index in [0.29, 0.717) is 28.4 Å². The summed E-state index contributed by atoms with van der Waals surface area (Å²) >= 11 is 1.06. The van der Waals surface area contributed by atoms with E-state index in [1.54, 1.807) is 0 Å². The second kappa shape index (κ2) is 7.45. The van der Waals surface area contributed by atoms with Crippen LogP contribution in [0.1, 0.15) is 35.9 Å². The molecule has 0 radical (unpaired) electrons. The molecule has 1 fully saturated rings. The predicted octanol–water partition coefficient (Wildman–Crippen LogP) is 2.90. The monoisotopic (exact) mass is 438 g/mol. The first kappa shape index (κ1) is 19.3. The van der Waals surface area contributed by atoms with Gasteiger partial charge in [-0.25, -0.2) is 18.4 Å². The lowest BCUT2D eigenvalue weighted by Crippen LogP contribution is -2.33. The molecule has 0 bridgehead atoms. The van der Waals surface area contributed by atoms with Crippen LogP contribution in [0.5, 0.6) is 0 Å². The third-order valence-electron chi connectivity index (χ3n) is 4.07. The summed E-state index contributed by atoms with van der Waals surface area (Å²) in [5, 5.41) is 15.7. The maximum absolute atomic E-state index is 12.9. The zero-order valence-corrected chi connectivity index (χ0v) is 16.2. The summed E-state index contributed by atoms with van der Waals surface area (Å²) in [5.74, 6) is -0.905. The lowest BCUT2D eigenvalue weighted by atomic mass is 10.3. The Morgan fingerprint density at radius 1 is 1.28 bits per heavy atom. The van der Waals surface area contributed by atoms with Crippen LogP contribution in [-0.4, -0.2) is 33.8 Å². The highest BCUT2D eigenvalue weighted by molar-refractivity contribution is 7.93. The average Bonchev–Trinajstić information content (AvgIpc) is 3.28. The number of nitriles is 1. The van der Waals surface area contributed by atoms with Gasteiger partial charge in [-0.15, -0.1) is 21.5 Å². The highest BCUT2D eigenvalue weighted by Crippen LogP contribution is 2.35. The predicted molar refractivity (Wildman–Crippen MR) is 97.4 cm³/mol. The number of halogens is 2. The van der Waals surface area contributed by atoms with Crippen LogP contribution in [-0.2, 0) is 16.6 Å². The van der Waals surface area contributed by atoms with Crippen molar-refractivity contribution in [2.45, 2.75) is 31.1 Å². The fraction of sp³-hybridized carbons (Fsp3) is 0.312. The van der Waals surface area contributed by atoms with Gasteiger partial charge in [0.15, 0.2) is 0 Å². The normalized spacial score (nSPS) is 14.1. The number of alkyl halides is 2. The molecule has 3 aromatic rings. The number of thiazole rings is 1. The SMILES string of the molecule is N#Cc1ccc(N(Cc2ncc(-c3nnc(C(F)F)o3)s2)S(=O)(=O)C2CC2)cn1. The number of hydrogen-bond donors (Lipinski definition) is 0. The molecular formula is C16H12F2N6O3S2. The molecule has 3 heterocycles. The third-order valence-corrected chi connectivity index (χ3v) is 7.31. The quantitative estimate of drug-likeness (QED) is 0.551. The molecule has 150 valence electrons. The Morgan fingerprint density at radius 3 is 2.66 bits per heavy atom. The van der Waals surface area contributed by atoms with Crippen LogP contribution in [0.15, 0.2) is 28.9 Å². The zero-order chi connectivity index (χ0) is 20.6. The van der Waals surface area contributed by atoms with Gasteiger partial charge in [-0.3, -0.25) is 4.31 Å². The van der Waals surface area contributed by atoms with E-state index in [1.807, 2.05) is 6.07 Å². The van der Waals surface area contributed by atoms with Crippen molar-refractivity contribution in [3.63, 3.8) is 0 Å². The van der Waals surface area contributed by atoms with E-state index in [1.165, 1.54) is 28.8 Å². The minimum atomic E-state index is -3.63. The van der Waals surface area contributed by atoms with Crippen molar-refractivity contribution in [2.75, 3.05) is 4.31 Å². The Labute approximate surface area is 167 Å². The summed E-state index contributed by atoms with van der Waals surface area (Å²) in [6.45, 7) is -0.0765. The van der Waals surface area contributed by atoms with Gasteiger partial charge in [0.2, 0.25) is 10.0 Å². The summed E-state index contributed by atoms with van der Waals surface area (Å²) in [7, 11) is -3.63. The second-order valence-electron chi connectivity index (χ2n) is 6.13. The standard InChI is InChI=1S/C16H12F2N6O3S2/c17-14(18)16-23-22-15(27-16)12-7-21-13(28-12)8-24(29(25,26)11-3-4-11)10-2-1-9(5-19)20-6-10/h1-2,6-7,11,14H,3-4,8H2. The summed E-state index contributed by atoms with van der Waals surface area (Å²) in [6, 6.07) is 4.82. The lowest BCUT2D eigenvalue weighted by molar-refractivity contribution is 0.116. The zero-order valence-electron chi connectivity index (χ0n) is 14.6. The van der Waals surface area contributed by atoms with E-state index in [-0.39, 0.29) is 18.1 Å². The van der Waals surface area contributed by atoms with Crippen LogP contribution in [0, 0.1) is 11.3 Å². The van der Waals surface area contributed by atoms with Crippen LogP contribution in [0.3, 0.4) is 0 Å². The first-order chi connectivity index (χ1) is 13.9. The Hall–Kier alpha value is -2.98. The number of aromatic nitrogens is 4. The van der Waals surface area contributed by atoms with Crippen molar-refractivity contribution in [1.29, 1.82) is 5.26 Å². The van der Waals surface area contributed by atoms with Crippen molar-refractivity contribution in [1.82, 2.24) is 20.2 Å². The summed E-state index contributed by atoms with van der Waals surface area (Å²) < 4.78 is 57.1. The van der Waals surface area contributed by atoms with Crippen LogP contribution in [0.25, 0.3) is 10.8 Å². The van der Waals surface area contributed by atoms with Gasteiger partial charge in [-0.1, -0.05) is 0 Å². The van der Waals surface area contributed by atoms with Crippen molar-refractivity contribution < 1.29 is 21.6 Å². The Kier molecular flexibility index (Phi) is 4.97. The molecule has 1 aliphatic carbocycles. The topological polar surface area (TPSA) is 126 Å². The molecule has 0 saturated heterocycles. The molecule has 0 aromatic carbocycles. The molecule has 3 aromatic heterocycles. The molecule has 0 N–H and O–H groups in total. The molecule has 0 spiro atoms. The number of hydrogen-bond acceptors (Lipinski definition) is 9. The summed E-state index contributed by atoms with van der Waals surface area (Å²) in [6.07, 6.45) is 0.946. The van der Waals surface area contributed by atoms with Crippen LogP contribution >= 0.6 is 11.3 Å². The van der Waals surface area contributed by atoms with Crippen LogP contribution in [0.4, 0.5) is 14.5 Å². The molecule has 1 saturated carbocycles. The van der Waals surface area contributed by atoms with Gasteiger partial charge >= 0.3 is 6.43 Å². The number of sulfonamides is 1. The lowest BCUT2D eigenvalue weighted by Gasteiger charge is -2.23. The Morgan fingerprint density at radius 2 is 2.07 bits per heavy atom. The minimum Gasteiger partial charge on any atom is -0.414 e.